The summed E-state index contributed by atoms with van der Waals surface area (Å²) in [4.78, 5) is 14.4. The van der Waals surface area contributed by atoms with E-state index in [9.17, 15) is 9.90 Å². The summed E-state index contributed by atoms with van der Waals surface area (Å²) < 4.78 is 11.3. The molecule has 0 bridgehead atoms. The van der Waals surface area contributed by atoms with Gasteiger partial charge in [-0.05, 0) is 44.4 Å². The van der Waals surface area contributed by atoms with E-state index in [4.69, 9.17) is 9.15 Å². The molecule has 3 aromatic rings. The molecule has 2 aromatic carbocycles. The minimum absolute atomic E-state index is 0.0823. The lowest BCUT2D eigenvalue weighted by atomic mass is 10.1. The van der Waals surface area contributed by atoms with Crippen molar-refractivity contribution >= 4 is 21.9 Å². The first kappa shape index (κ1) is 15.5. The Morgan fingerprint density at radius 3 is 2.65 bits per heavy atom. The molecule has 1 atom stereocenters. The normalized spacial score (nSPS) is 12.9. The van der Waals surface area contributed by atoms with Gasteiger partial charge in [0.25, 0.3) is 0 Å². The second-order valence-electron chi connectivity index (χ2n) is 5.81. The van der Waals surface area contributed by atoms with Gasteiger partial charge in [0.2, 0.25) is 5.43 Å². The molecule has 1 aromatic heterocycles. The molecule has 23 heavy (non-hydrogen) atoms. The number of fused-ring (bicyclic) bond motifs is 2. The summed E-state index contributed by atoms with van der Waals surface area (Å²) in [6, 6.07) is 12.3. The summed E-state index contributed by atoms with van der Waals surface area (Å²) in [6.45, 7) is 0.683. The highest BCUT2D eigenvalue weighted by molar-refractivity contribution is 5.90. The maximum Gasteiger partial charge on any atom is 0.200 e. The second-order valence-corrected chi connectivity index (χ2v) is 5.81. The van der Waals surface area contributed by atoms with Crippen LogP contribution >= 0.6 is 0 Å². The number of nitrogens with zero attached hydrogens (tertiary/aromatic N) is 1. The fourth-order valence-corrected chi connectivity index (χ4v) is 2.54. The van der Waals surface area contributed by atoms with Crippen molar-refractivity contribution in [3.63, 3.8) is 0 Å². The summed E-state index contributed by atoms with van der Waals surface area (Å²) in [6.07, 6.45) is -0.589. The van der Waals surface area contributed by atoms with Crippen molar-refractivity contribution in [2.24, 2.45) is 0 Å². The van der Waals surface area contributed by atoms with Gasteiger partial charge in [-0.15, -0.1) is 0 Å². The van der Waals surface area contributed by atoms with Crippen LogP contribution in [0.3, 0.4) is 0 Å². The SMILES string of the molecule is CN(C)CC(O)COc1ccc2oc3ccccc3c(=O)c2c1. The molecule has 1 N–H and O–H groups in total. The van der Waals surface area contributed by atoms with Gasteiger partial charge in [0.1, 0.15) is 29.6 Å². The molecule has 3 rings (SSSR count). The van der Waals surface area contributed by atoms with E-state index >= 15 is 0 Å². The molecule has 1 unspecified atom stereocenters. The van der Waals surface area contributed by atoms with E-state index in [0.29, 0.717) is 34.2 Å². The smallest absolute Gasteiger partial charge is 0.200 e. The third-order valence-electron chi connectivity index (χ3n) is 3.57. The van der Waals surface area contributed by atoms with E-state index < -0.39 is 6.10 Å². The van der Waals surface area contributed by atoms with Crippen LogP contribution in [0.1, 0.15) is 0 Å². The van der Waals surface area contributed by atoms with Crippen molar-refractivity contribution in [1.29, 1.82) is 0 Å². The van der Waals surface area contributed by atoms with Crippen LogP contribution < -0.4 is 10.2 Å². The lowest BCUT2D eigenvalue weighted by molar-refractivity contribution is 0.0832. The van der Waals surface area contributed by atoms with Gasteiger partial charge in [0.15, 0.2) is 0 Å². The number of benzene rings is 2. The molecule has 0 aliphatic carbocycles. The fourth-order valence-electron chi connectivity index (χ4n) is 2.54. The van der Waals surface area contributed by atoms with E-state index in [-0.39, 0.29) is 12.0 Å². The average Bonchev–Trinajstić information content (AvgIpc) is 2.53. The number of ether oxygens (including phenoxy) is 1. The van der Waals surface area contributed by atoms with Crippen molar-refractivity contribution in [2.45, 2.75) is 6.10 Å². The van der Waals surface area contributed by atoms with Crippen molar-refractivity contribution in [3.05, 3.63) is 52.7 Å². The van der Waals surface area contributed by atoms with Gasteiger partial charge in [0, 0.05) is 6.54 Å². The summed E-state index contributed by atoms with van der Waals surface area (Å²) in [5.74, 6) is 0.540. The molecular formula is C18H19NO4. The van der Waals surface area contributed by atoms with E-state index in [1.807, 2.05) is 31.1 Å². The number of likely N-dealkylation sites (N-methyl/N-ethyl adjacent to an activating group) is 1. The van der Waals surface area contributed by atoms with Gasteiger partial charge in [-0.1, -0.05) is 12.1 Å². The third kappa shape index (κ3) is 3.36. The first-order chi connectivity index (χ1) is 11.0. The second kappa shape index (κ2) is 6.40. The van der Waals surface area contributed by atoms with Crippen molar-refractivity contribution in [2.75, 3.05) is 27.2 Å². The zero-order chi connectivity index (χ0) is 16.4. The Labute approximate surface area is 133 Å². The van der Waals surface area contributed by atoms with Crippen LogP contribution in [0.15, 0.2) is 51.7 Å². The molecule has 0 saturated carbocycles. The van der Waals surface area contributed by atoms with E-state index in [0.717, 1.165) is 0 Å². The Balaban J connectivity index is 1.91. The predicted molar refractivity (Wildman–Crippen MR) is 90.0 cm³/mol. The number of hydrogen-bond acceptors (Lipinski definition) is 5. The summed E-state index contributed by atoms with van der Waals surface area (Å²) in [5, 5.41) is 10.9. The molecule has 120 valence electrons. The molecule has 0 spiro atoms. The molecule has 0 saturated heterocycles. The number of rotatable bonds is 5. The zero-order valence-corrected chi connectivity index (χ0v) is 13.2. The van der Waals surface area contributed by atoms with Gasteiger partial charge in [0.05, 0.1) is 10.8 Å². The molecule has 0 amide bonds. The minimum atomic E-state index is -0.589. The molecule has 5 heteroatoms. The van der Waals surface area contributed by atoms with E-state index in [1.54, 1.807) is 30.3 Å². The van der Waals surface area contributed by atoms with Crippen molar-refractivity contribution in [3.8, 4) is 5.75 Å². The number of aliphatic hydroxyl groups is 1. The molecule has 0 aliphatic rings. The Morgan fingerprint density at radius 2 is 1.87 bits per heavy atom. The lowest BCUT2D eigenvalue weighted by Crippen LogP contribution is -2.30. The third-order valence-corrected chi connectivity index (χ3v) is 3.57. The van der Waals surface area contributed by atoms with Crippen LogP contribution in [0.2, 0.25) is 0 Å². The van der Waals surface area contributed by atoms with Crippen molar-refractivity contribution in [1.82, 2.24) is 4.90 Å². The van der Waals surface area contributed by atoms with E-state index in [2.05, 4.69) is 0 Å². The lowest BCUT2D eigenvalue weighted by Gasteiger charge is -2.16. The highest BCUT2D eigenvalue weighted by atomic mass is 16.5. The maximum absolute atomic E-state index is 12.6. The molecule has 0 aliphatic heterocycles. The average molecular weight is 313 g/mol. The highest BCUT2D eigenvalue weighted by Gasteiger charge is 2.10. The molecule has 5 nitrogen and oxygen atoms in total. The van der Waals surface area contributed by atoms with Gasteiger partial charge in [-0.2, -0.15) is 0 Å². The zero-order valence-electron chi connectivity index (χ0n) is 13.2. The molecule has 1 heterocycles. The van der Waals surface area contributed by atoms with Crippen LogP contribution in [0.5, 0.6) is 5.75 Å². The Hall–Kier alpha value is -2.37. The Kier molecular flexibility index (Phi) is 4.32. The first-order valence-electron chi connectivity index (χ1n) is 7.46. The van der Waals surface area contributed by atoms with Crippen LogP contribution in [-0.4, -0.2) is 43.4 Å². The summed E-state index contributed by atoms with van der Waals surface area (Å²) in [7, 11) is 3.77. The monoisotopic (exact) mass is 313 g/mol. The summed E-state index contributed by atoms with van der Waals surface area (Å²) in [5.41, 5.74) is 1.01. The molecule has 0 radical (unpaired) electrons. The largest absolute Gasteiger partial charge is 0.491 e. The van der Waals surface area contributed by atoms with Gasteiger partial charge >= 0.3 is 0 Å². The molecular weight excluding hydrogens is 294 g/mol. The van der Waals surface area contributed by atoms with Crippen LogP contribution in [0.25, 0.3) is 21.9 Å². The van der Waals surface area contributed by atoms with Crippen LogP contribution in [0, 0.1) is 0 Å². The fraction of sp³-hybridized carbons (Fsp3) is 0.278. The highest BCUT2D eigenvalue weighted by Crippen LogP contribution is 2.22. The van der Waals surface area contributed by atoms with Gasteiger partial charge < -0.3 is 19.2 Å². The number of aliphatic hydroxyl groups excluding tert-OH is 1. The first-order valence-corrected chi connectivity index (χ1v) is 7.46. The van der Waals surface area contributed by atoms with E-state index in [1.165, 1.54) is 0 Å². The molecule has 0 fully saturated rings. The van der Waals surface area contributed by atoms with Gasteiger partial charge in [-0.25, -0.2) is 0 Å². The summed E-state index contributed by atoms with van der Waals surface area (Å²) >= 11 is 0. The van der Waals surface area contributed by atoms with Crippen LogP contribution in [-0.2, 0) is 0 Å². The Morgan fingerprint density at radius 1 is 1.13 bits per heavy atom. The predicted octanol–water partition coefficient (Wildman–Crippen LogP) is 2.25. The standard InChI is InChI=1S/C18H19NO4/c1-19(2)10-12(20)11-22-13-7-8-17-15(9-13)18(21)14-5-3-4-6-16(14)23-17/h3-9,12,20H,10-11H2,1-2H3. The maximum atomic E-state index is 12.6. The Bertz CT molecular complexity index is 885. The minimum Gasteiger partial charge on any atom is -0.491 e. The van der Waals surface area contributed by atoms with Gasteiger partial charge in [-0.3, -0.25) is 4.79 Å². The number of hydrogen-bond donors (Lipinski definition) is 1. The van der Waals surface area contributed by atoms with Crippen LogP contribution in [0.4, 0.5) is 0 Å². The quantitative estimate of drug-likeness (QED) is 0.732. The number of para-hydroxylation sites is 1. The van der Waals surface area contributed by atoms with Crippen molar-refractivity contribution < 1.29 is 14.3 Å². The topological polar surface area (TPSA) is 62.9 Å².